The van der Waals surface area contributed by atoms with Crippen LogP contribution in [0.5, 0.6) is 5.88 Å². The zero-order chi connectivity index (χ0) is 23.7. The molecule has 3 heterocycles. The SMILES string of the molecule is COc1nn(CC(F)(F)F)cc1C(=O)Nc1cccc(-c2nncn2C(C)C(F)(F)F)n1. The van der Waals surface area contributed by atoms with E-state index in [9.17, 15) is 31.1 Å². The summed E-state index contributed by atoms with van der Waals surface area (Å²) >= 11 is 0. The van der Waals surface area contributed by atoms with Crippen molar-refractivity contribution in [3.8, 4) is 17.4 Å². The van der Waals surface area contributed by atoms with Crippen LogP contribution in [0.1, 0.15) is 23.3 Å². The number of carbonyl (C=O) groups is 1. The quantitative estimate of drug-likeness (QED) is 0.562. The second-order valence-corrected chi connectivity index (χ2v) is 6.51. The predicted octanol–water partition coefficient (Wildman–Crippen LogP) is 3.48. The Morgan fingerprint density at radius 3 is 2.56 bits per heavy atom. The van der Waals surface area contributed by atoms with Gasteiger partial charge in [-0.05, 0) is 19.1 Å². The maximum Gasteiger partial charge on any atom is 0.408 e. The van der Waals surface area contributed by atoms with Crippen LogP contribution in [-0.4, -0.2) is 54.9 Å². The number of carbonyl (C=O) groups excluding carboxylic acids is 1. The van der Waals surface area contributed by atoms with Crippen LogP contribution in [0.3, 0.4) is 0 Å². The molecule has 0 aliphatic rings. The first-order chi connectivity index (χ1) is 14.9. The first-order valence-electron chi connectivity index (χ1n) is 8.82. The van der Waals surface area contributed by atoms with Crippen molar-refractivity contribution >= 4 is 11.7 Å². The van der Waals surface area contributed by atoms with Crippen LogP contribution in [-0.2, 0) is 6.54 Å². The Morgan fingerprint density at radius 2 is 1.94 bits per heavy atom. The highest BCUT2D eigenvalue weighted by Gasteiger charge is 2.39. The van der Waals surface area contributed by atoms with E-state index in [4.69, 9.17) is 4.74 Å². The van der Waals surface area contributed by atoms with Gasteiger partial charge in [-0.15, -0.1) is 15.3 Å². The van der Waals surface area contributed by atoms with Gasteiger partial charge in [-0.25, -0.2) is 4.98 Å². The molecule has 0 saturated heterocycles. The summed E-state index contributed by atoms with van der Waals surface area (Å²) in [6, 6.07) is 2.17. The Labute approximate surface area is 176 Å². The first kappa shape index (κ1) is 23.0. The summed E-state index contributed by atoms with van der Waals surface area (Å²) in [6.07, 6.45) is -7.37. The third kappa shape index (κ3) is 5.15. The number of ether oxygens (including phenoxy) is 1. The van der Waals surface area contributed by atoms with Crippen molar-refractivity contribution < 1.29 is 35.9 Å². The van der Waals surface area contributed by atoms with Gasteiger partial charge in [-0.3, -0.25) is 9.48 Å². The molecule has 1 amide bonds. The molecule has 0 bridgehead atoms. The van der Waals surface area contributed by atoms with Gasteiger partial charge in [0.1, 0.15) is 36.0 Å². The number of anilines is 1. The third-order valence-corrected chi connectivity index (χ3v) is 4.19. The van der Waals surface area contributed by atoms with E-state index in [1.807, 2.05) is 0 Å². The molecule has 0 aromatic carbocycles. The zero-order valence-electron chi connectivity index (χ0n) is 16.4. The van der Waals surface area contributed by atoms with Crippen molar-refractivity contribution in [1.29, 1.82) is 0 Å². The molecule has 3 aromatic heterocycles. The van der Waals surface area contributed by atoms with E-state index in [0.29, 0.717) is 4.68 Å². The molecule has 0 spiro atoms. The Bertz CT molecular complexity index is 1110. The summed E-state index contributed by atoms with van der Waals surface area (Å²) < 4.78 is 83.1. The molecule has 0 aliphatic heterocycles. The molecule has 0 saturated carbocycles. The van der Waals surface area contributed by atoms with Gasteiger partial charge in [0.25, 0.3) is 5.91 Å². The average Bonchev–Trinajstić information content (AvgIpc) is 3.32. The van der Waals surface area contributed by atoms with E-state index < -0.39 is 30.8 Å². The molecule has 3 aromatic rings. The number of rotatable bonds is 6. The van der Waals surface area contributed by atoms with E-state index in [1.165, 1.54) is 18.2 Å². The summed E-state index contributed by atoms with van der Waals surface area (Å²) in [4.78, 5) is 16.6. The minimum Gasteiger partial charge on any atom is -0.479 e. The Hall–Kier alpha value is -3.65. The minimum atomic E-state index is -4.57. The zero-order valence-corrected chi connectivity index (χ0v) is 16.4. The highest BCUT2D eigenvalue weighted by molar-refractivity contribution is 6.05. The van der Waals surface area contributed by atoms with Gasteiger partial charge in [0, 0.05) is 6.20 Å². The van der Waals surface area contributed by atoms with E-state index >= 15 is 0 Å². The number of nitrogens with zero attached hydrogens (tertiary/aromatic N) is 6. The fourth-order valence-corrected chi connectivity index (χ4v) is 2.65. The normalized spacial score (nSPS) is 13.1. The molecule has 1 N–H and O–H groups in total. The van der Waals surface area contributed by atoms with Gasteiger partial charge in [0.15, 0.2) is 5.82 Å². The number of pyridine rings is 1. The maximum atomic E-state index is 13.1. The Kier molecular flexibility index (Phi) is 6.09. The maximum absolute atomic E-state index is 13.1. The number of methoxy groups -OCH3 is 1. The van der Waals surface area contributed by atoms with Crippen molar-refractivity contribution in [2.75, 3.05) is 12.4 Å². The van der Waals surface area contributed by atoms with Crippen molar-refractivity contribution in [1.82, 2.24) is 29.5 Å². The van der Waals surface area contributed by atoms with Crippen LogP contribution >= 0.6 is 0 Å². The molecule has 172 valence electrons. The molecule has 0 aliphatic carbocycles. The first-order valence-corrected chi connectivity index (χ1v) is 8.82. The molecule has 3 rings (SSSR count). The highest BCUT2D eigenvalue weighted by Crippen LogP contribution is 2.32. The van der Waals surface area contributed by atoms with Crippen LogP contribution < -0.4 is 10.1 Å². The second kappa shape index (κ2) is 8.47. The average molecular weight is 463 g/mol. The molecule has 0 fully saturated rings. The number of alkyl halides is 6. The molecule has 9 nitrogen and oxygen atoms in total. The molecular formula is C17H15F6N7O2. The Balaban J connectivity index is 1.85. The van der Waals surface area contributed by atoms with Crippen molar-refractivity contribution in [2.24, 2.45) is 0 Å². The molecule has 15 heteroatoms. The van der Waals surface area contributed by atoms with E-state index in [2.05, 4.69) is 25.6 Å². The lowest BCUT2D eigenvalue weighted by molar-refractivity contribution is -0.162. The minimum absolute atomic E-state index is 0.0175. The van der Waals surface area contributed by atoms with Gasteiger partial charge >= 0.3 is 12.4 Å². The fourth-order valence-electron chi connectivity index (χ4n) is 2.65. The summed E-state index contributed by atoms with van der Waals surface area (Å²) in [6.45, 7) is -0.513. The molecule has 1 unspecified atom stereocenters. The van der Waals surface area contributed by atoms with Gasteiger partial charge < -0.3 is 14.6 Å². The van der Waals surface area contributed by atoms with Gasteiger partial charge in [-0.2, -0.15) is 26.3 Å². The summed E-state index contributed by atoms with van der Waals surface area (Å²) in [5.74, 6) is -1.51. The van der Waals surface area contributed by atoms with Gasteiger partial charge in [0.2, 0.25) is 5.88 Å². The van der Waals surface area contributed by atoms with Crippen LogP contribution in [0.4, 0.5) is 32.2 Å². The third-order valence-electron chi connectivity index (χ3n) is 4.19. The lowest BCUT2D eigenvalue weighted by Gasteiger charge is -2.18. The second-order valence-electron chi connectivity index (χ2n) is 6.51. The lowest BCUT2D eigenvalue weighted by atomic mass is 10.2. The standard InChI is InChI=1S/C17H15F6N7O2/c1-9(17(21,22)23)30-8-24-27-13(30)11-4-3-5-12(25-11)26-14(31)10-6-29(7-16(18,19)20)28-15(10)32-2/h3-6,8-9H,7H2,1-2H3,(H,25,26,31). The van der Waals surface area contributed by atoms with Crippen molar-refractivity contribution in [2.45, 2.75) is 31.9 Å². The lowest BCUT2D eigenvalue weighted by Crippen LogP contribution is -2.24. The summed E-state index contributed by atoms with van der Waals surface area (Å²) in [5.41, 5.74) is -0.311. The fraction of sp³-hybridized carbons (Fsp3) is 0.353. The number of hydrogen-bond donors (Lipinski definition) is 1. The van der Waals surface area contributed by atoms with Crippen LogP contribution in [0.15, 0.2) is 30.7 Å². The van der Waals surface area contributed by atoms with Crippen LogP contribution in [0.25, 0.3) is 11.5 Å². The van der Waals surface area contributed by atoms with E-state index in [1.54, 1.807) is 0 Å². The topological polar surface area (TPSA) is 99.8 Å². The predicted molar refractivity (Wildman–Crippen MR) is 96.8 cm³/mol. The number of nitrogens with one attached hydrogen (secondary N) is 1. The largest absolute Gasteiger partial charge is 0.479 e. The Morgan fingerprint density at radius 1 is 1.22 bits per heavy atom. The highest BCUT2D eigenvalue weighted by atomic mass is 19.4. The van der Waals surface area contributed by atoms with E-state index in [-0.39, 0.29) is 28.8 Å². The number of aromatic nitrogens is 6. The smallest absolute Gasteiger partial charge is 0.408 e. The molecule has 0 radical (unpaired) electrons. The van der Waals surface area contributed by atoms with Gasteiger partial charge in [0.05, 0.1) is 7.11 Å². The van der Waals surface area contributed by atoms with Crippen LogP contribution in [0.2, 0.25) is 0 Å². The van der Waals surface area contributed by atoms with Crippen molar-refractivity contribution in [3.63, 3.8) is 0 Å². The number of amides is 1. The summed E-state index contributed by atoms with van der Waals surface area (Å²) in [7, 11) is 1.13. The number of halogens is 6. The summed E-state index contributed by atoms with van der Waals surface area (Å²) in [5, 5.41) is 13.1. The number of hydrogen-bond acceptors (Lipinski definition) is 6. The van der Waals surface area contributed by atoms with E-state index in [0.717, 1.165) is 31.1 Å². The monoisotopic (exact) mass is 463 g/mol. The molecule has 1 atom stereocenters. The van der Waals surface area contributed by atoms with Crippen molar-refractivity contribution in [3.05, 3.63) is 36.3 Å². The molecule has 32 heavy (non-hydrogen) atoms. The molecular weight excluding hydrogens is 448 g/mol. The van der Waals surface area contributed by atoms with Crippen LogP contribution in [0, 0.1) is 0 Å². The van der Waals surface area contributed by atoms with Gasteiger partial charge in [-0.1, -0.05) is 6.07 Å².